The molecule has 0 amide bonds. The molecule has 0 spiro atoms. The summed E-state index contributed by atoms with van der Waals surface area (Å²) in [6.45, 7) is 1.71. The molecule has 0 fully saturated rings. The molecule has 4 aromatic rings. The second-order valence-electron chi connectivity index (χ2n) is 7.59. The molecule has 0 radical (unpaired) electrons. The number of esters is 2. The molecule has 0 N–H and O–H groups in total. The van der Waals surface area contributed by atoms with Gasteiger partial charge in [-0.05, 0) is 41.8 Å². The lowest BCUT2D eigenvalue weighted by Gasteiger charge is -2.23. The van der Waals surface area contributed by atoms with Crippen LogP contribution in [0.3, 0.4) is 0 Å². The number of hydrogen-bond acceptors (Lipinski definition) is 6. The van der Waals surface area contributed by atoms with Crippen LogP contribution in [0, 0.1) is 6.92 Å². The molecule has 2 heterocycles. The first-order chi connectivity index (χ1) is 15.5. The highest BCUT2D eigenvalue weighted by Gasteiger charge is 2.33. The van der Waals surface area contributed by atoms with E-state index in [1.807, 2.05) is 30.3 Å². The molecule has 1 aliphatic rings. The first-order valence-electron chi connectivity index (χ1n) is 10.1. The summed E-state index contributed by atoms with van der Waals surface area (Å²) in [6.07, 6.45) is -0.809. The third kappa shape index (κ3) is 3.46. The van der Waals surface area contributed by atoms with Gasteiger partial charge in [-0.3, -0.25) is 0 Å². The molecular formula is C26H18O6. The minimum absolute atomic E-state index is 0.237. The van der Waals surface area contributed by atoms with Crippen LogP contribution in [0.15, 0.2) is 82.0 Å². The van der Waals surface area contributed by atoms with E-state index in [1.54, 1.807) is 43.3 Å². The molecule has 1 atom stereocenters. The summed E-state index contributed by atoms with van der Waals surface area (Å²) < 4.78 is 16.3. The Balaban J connectivity index is 1.48. The molecule has 3 aromatic carbocycles. The summed E-state index contributed by atoms with van der Waals surface area (Å²) in [5.74, 6) is -0.995. The Labute approximate surface area is 183 Å². The van der Waals surface area contributed by atoms with Crippen molar-refractivity contribution in [1.82, 2.24) is 0 Å². The molecule has 6 heteroatoms. The van der Waals surface area contributed by atoms with E-state index in [0.29, 0.717) is 16.7 Å². The fourth-order valence-corrected chi connectivity index (χ4v) is 3.95. The molecule has 1 aliphatic heterocycles. The molecule has 0 aliphatic carbocycles. The van der Waals surface area contributed by atoms with Crippen LogP contribution in [0.5, 0.6) is 5.75 Å². The Bertz CT molecular complexity index is 1420. The Morgan fingerprint density at radius 2 is 1.69 bits per heavy atom. The third-order valence-electron chi connectivity index (χ3n) is 5.56. The van der Waals surface area contributed by atoms with Gasteiger partial charge in [-0.1, -0.05) is 48.5 Å². The van der Waals surface area contributed by atoms with Crippen LogP contribution in [-0.4, -0.2) is 18.0 Å². The SMILES string of the molecule is Cc1c(OC(=O)[C@@H]2Cc3ccccc3C(=O)O2)ccc2c(-c3ccccc3)cc(=O)oc12. The third-order valence-corrected chi connectivity index (χ3v) is 5.56. The van der Waals surface area contributed by atoms with Crippen LogP contribution in [0.2, 0.25) is 0 Å². The van der Waals surface area contributed by atoms with Crippen LogP contribution in [0.4, 0.5) is 0 Å². The van der Waals surface area contributed by atoms with E-state index in [-0.39, 0.29) is 12.2 Å². The number of carbonyl (C=O) groups is 2. The van der Waals surface area contributed by atoms with Crippen molar-refractivity contribution >= 4 is 22.9 Å². The number of ether oxygens (including phenoxy) is 2. The summed E-state index contributed by atoms with van der Waals surface area (Å²) in [5, 5.41) is 0.728. The second kappa shape index (κ2) is 7.81. The number of aryl methyl sites for hydroxylation is 1. The van der Waals surface area contributed by atoms with Crippen molar-refractivity contribution in [2.24, 2.45) is 0 Å². The Morgan fingerprint density at radius 1 is 0.938 bits per heavy atom. The molecule has 32 heavy (non-hydrogen) atoms. The summed E-state index contributed by atoms with van der Waals surface area (Å²) in [7, 11) is 0. The molecular weight excluding hydrogens is 408 g/mol. The smallest absolute Gasteiger partial charge is 0.353 e. The molecule has 1 aromatic heterocycles. The van der Waals surface area contributed by atoms with Crippen LogP contribution < -0.4 is 10.4 Å². The van der Waals surface area contributed by atoms with Crippen molar-refractivity contribution in [3.63, 3.8) is 0 Å². The lowest BCUT2D eigenvalue weighted by atomic mass is 9.98. The van der Waals surface area contributed by atoms with Crippen LogP contribution >= 0.6 is 0 Å². The quantitative estimate of drug-likeness (QED) is 0.273. The highest BCUT2D eigenvalue weighted by Crippen LogP contribution is 2.33. The summed E-state index contributed by atoms with van der Waals surface area (Å²) >= 11 is 0. The van der Waals surface area contributed by atoms with E-state index < -0.39 is 23.7 Å². The van der Waals surface area contributed by atoms with Crippen LogP contribution in [-0.2, 0) is 16.0 Å². The number of benzene rings is 3. The average molecular weight is 426 g/mol. The monoisotopic (exact) mass is 426 g/mol. The molecule has 6 nitrogen and oxygen atoms in total. The average Bonchev–Trinajstić information content (AvgIpc) is 2.81. The van der Waals surface area contributed by atoms with E-state index in [2.05, 4.69) is 0 Å². The van der Waals surface area contributed by atoms with Gasteiger partial charge in [0.15, 0.2) is 0 Å². The van der Waals surface area contributed by atoms with Crippen molar-refractivity contribution in [2.45, 2.75) is 19.4 Å². The lowest BCUT2D eigenvalue weighted by molar-refractivity contribution is -0.144. The van der Waals surface area contributed by atoms with Crippen LogP contribution in [0.25, 0.3) is 22.1 Å². The summed E-state index contributed by atoms with van der Waals surface area (Å²) in [5.41, 5.74) is 3.15. The van der Waals surface area contributed by atoms with Gasteiger partial charge in [0.1, 0.15) is 11.3 Å². The fraction of sp³-hybridized carbons (Fsp3) is 0.115. The molecule has 0 bridgehead atoms. The van der Waals surface area contributed by atoms with E-state index in [0.717, 1.165) is 22.1 Å². The minimum atomic E-state index is -1.05. The van der Waals surface area contributed by atoms with E-state index in [1.165, 1.54) is 6.07 Å². The van der Waals surface area contributed by atoms with E-state index >= 15 is 0 Å². The van der Waals surface area contributed by atoms with Crippen molar-refractivity contribution in [3.8, 4) is 16.9 Å². The number of hydrogen-bond donors (Lipinski definition) is 0. The Hall–Kier alpha value is -4.19. The van der Waals surface area contributed by atoms with Crippen molar-refractivity contribution in [2.75, 3.05) is 0 Å². The number of carbonyl (C=O) groups excluding carboxylic acids is 2. The summed E-state index contributed by atoms with van der Waals surface area (Å²) in [6, 6.07) is 21.4. The van der Waals surface area contributed by atoms with Crippen LogP contribution in [0.1, 0.15) is 21.5 Å². The molecule has 158 valence electrons. The molecule has 0 unspecified atom stereocenters. The molecule has 0 saturated carbocycles. The van der Waals surface area contributed by atoms with E-state index in [4.69, 9.17) is 13.9 Å². The highest BCUT2D eigenvalue weighted by molar-refractivity contribution is 5.97. The predicted octanol–water partition coefficient (Wildman–Crippen LogP) is 4.46. The zero-order valence-electron chi connectivity index (χ0n) is 17.2. The van der Waals surface area contributed by atoms with Gasteiger partial charge >= 0.3 is 17.6 Å². The minimum Gasteiger partial charge on any atom is -0.446 e. The zero-order valence-corrected chi connectivity index (χ0v) is 17.2. The van der Waals surface area contributed by atoms with E-state index in [9.17, 15) is 14.4 Å². The first-order valence-corrected chi connectivity index (χ1v) is 10.1. The lowest BCUT2D eigenvalue weighted by Crippen LogP contribution is -2.37. The summed E-state index contributed by atoms with van der Waals surface area (Å²) in [4.78, 5) is 37.2. The van der Waals surface area contributed by atoms with Gasteiger partial charge in [-0.15, -0.1) is 0 Å². The second-order valence-corrected chi connectivity index (χ2v) is 7.59. The number of fused-ring (bicyclic) bond motifs is 2. The largest absolute Gasteiger partial charge is 0.446 e. The highest BCUT2D eigenvalue weighted by atomic mass is 16.6. The van der Waals surface area contributed by atoms with Crippen molar-refractivity contribution in [3.05, 3.63) is 99.9 Å². The van der Waals surface area contributed by atoms with Crippen molar-refractivity contribution in [1.29, 1.82) is 0 Å². The van der Waals surface area contributed by atoms with Gasteiger partial charge in [-0.25, -0.2) is 14.4 Å². The predicted molar refractivity (Wildman–Crippen MR) is 118 cm³/mol. The van der Waals surface area contributed by atoms with Gasteiger partial charge in [0.25, 0.3) is 0 Å². The molecule has 5 rings (SSSR count). The van der Waals surface area contributed by atoms with Gasteiger partial charge < -0.3 is 13.9 Å². The van der Waals surface area contributed by atoms with Gasteiger partial charge in [0, 0.05) is 23.4 Å². The normalized spacial score (nSPS) is 15.2. The number of rotatable bonds is 3. The molecule has 0 saturated heterocycles. The Kier molecular flexibility index (Phi) is 4.82. The van der Waals surface area contributed by atoms with Gasteiger partial charge in [-0.2, -0.15) is 0 Å². The topological polar surface area (TPSA) is 82.8 Å². The first kappa shape index (κ1) is 19.8. The maximum Gasteiger partial charge on any atom is 0.353 e. The fourth-order valence-electron chi connectivity index (χ4n) is 3.95. The maximum atomic E-state index is 12.8. The zero-order chi connectivity index (χ0) is 22.2. The maximum absolute atomic E-state index is 12.8. The van der Waals surface area contributed by atoms with Gasteiger partial charge in [0.2, 0.25) is 6.10 Å². The number of cyclic esters (lactones) is 1. The Morgan fingerprint density at radius 3 is 2.50 bits per heavy atom. The van der Waals surface area contributed by atoms with Gasteiger partial charge in [0.05, 0.1) is 5.56 Å². The standard InChI is InChI=1S/C26H18O6/c1-15-21(30-26(29)22-13-17-9-5-6-10-18(17)25(28)31-22)12-11-19-20(14-23(27)32-24(15)19)16-7-3-2-4-8-16/h2-12,14,22H,13H2,1H3/t22-/m0/s1. The van der Waals surface area contributed by atoms with Crippen molar-refractivity contribution < 1.29 is 23.5 Å².